The lowest BCUT2D eigenvalue weighted by Gasteiger charge is -2.20. The number of nitrogens with zero attached hydrogens (tertiary/aromatic N) is 4. The van der Waals surface area contributed by atoms with Crippen LogP contribution < -0.4 is 10.6 Å². The van der Waals surface area contributed by atoms with Crippen molar-refractivity contribution in [1.29, 1.82) is 0 Å². The van der Waals surface area contributed by atoms with Crippen molar-refractivity contribution in [2.24, 2.45) is 0 Å². The topological polar surface area (TPSA) is 96.2 Å². The van der Waals surface area contributed by atoms with Gasteiger partial charge in [0.2, 0.25) is 11.6 Å². The number of hydrogen-bond acceptors (Lipinski definition) is 7. The normalized spacial score (nSPS) is 11.0. The van der Waals surface area contributed by atoms with Crippen LogP contribution in [0.5, 0.6) is 0 Å². The predicted octanol–water partition coefficient (Wildman–Crippen LogP) is 1.96. The van der Waals surface area contributed by atoms with E-state index in [0.29, 0.717) is 19.1 Å². The van der Waals surface area contributed by atoms with Gasteiger partial charge in [0.25, 0.3) is 0 Å². The van der Waals surface area contributed by atoms with Gasteiger partial charge in [-0.1, -0.05) is 0 Å². The molecule has 0 aliphatic heterocycles. The zero-order chi connectivity index (χ0) is 15.8. The second-order valence-corrected chi connectivity index (χ2v) is 5.06. The third-order valence-electron chi connectivity index (χ3n) is 3.21. The maximum Gasteiger partial charge on any atom is 0.353 e. The number of aromatic nitrogens is 2. The van der Waals surface area contributed by atoms with E-state index in [0.717, 1.165) is 13.0 Å². The lowest BCUT2D eigenvalue weighted by molar-refractivity contribution is -0.383. The summed E-state index contributed by atoms with van der Waals surface area (Å²) < 4.78 is 0. The molecule has 1 aromatic rings. The number of anilines is 2. The summed E-state index contributed by atoms with van der Waals surface area (Å²) in [6, 6.07) is 0.485. The molecule has 118 valence electrons. The Labute approximate surface area is 125 Å². The zero-order valence-electron chi connectivity index (χ0n) is 13.1. The highest BCUT2D eigenvalue weighted by Gasteiger charge is 2.22. The first-order chi connectivity index (χ1) is 9.97. The molecule has 0 saturated heterocycles. The molecule has 21 heavy (non-hydrogen) atoms. The zero-order valence-corrected chi connectivity index (χ0v) is 13.1. The third kappa shape index (κ3) is 5.14. The lowest BCUT2D eigenvalue weighted by atomic mass is 10.3. The van der Waals surface area contributed by atoms with Crippen LogP contribution in [0.3, 0.4) is 0 Å². The van der Waals surface area contributed by atoms with E-state index in [1.165, 1.54) is 6.33 Å². The van der Waals surface area contributed by atoms with Gasteiger partial charge in [-0.3, -0.25) is 10.1 Å². The minimum Gasteiger partial charge on any atom is -0.364 e. The van der Waals surface area contributed by atoms with Gasteiger partial charge < -0.3 is 15.5 Å². The van der Waals surface area contributed by atoms with Gasteiger partial charge in [-0.05, 0) is 40.8 Å². The quantitative estimate of drug-likeness (QED) is 0.408. The number of hydrogen-bond donors (Lipinski definition) is 2. The molecule has 0 aliphatic carbocycles. The summed E-state index contributed by atoms with van der Waals surface area (Å²) in [6.45, 7) is 8.23. The van der Waals surface area contributed by atoms with Crippen molar-refractivity contribution in [3.8, 4) is 0 Å². The van der Waals surface area contributed by atoms with Crippen LogP contribution in [0.2, 0.25) is 0 Å². The van der Waals surface area contributed by atoms with E-state index in [2.05, 4.69) is 46.4 Å². The van der Waals surface area contributed by atoms with Crippen LogP contribution in [0.25, 0.3) is 0 Å². The molecule has 0 fully saturated rings. The second kappa shape index (κ2) is 8.35. The Morgan fingerprint density at radius 2 is 1.95 bits per heavy atom. The van der Waals surface area contributed by atoms with E-state index in [9.17, 15) is 10.1 Å². The summed E-state index contributed by atoms with van der Waals surface area (Å²) in [5.41, 5.74) is -0.100. The average Bonchev–Trinajstić information content (AvgIpc) is 2.43. The molecule has 0 spiro atoms. The molecule has 8 nitrogen and oxygen atoms in total. The maximum atomic E-state index is 11.2. The van der Waals surface area contributed by atoms with E-state index in [1.54, 1.807) is 0 Å². The smallest absolute Gasteiger partial charge is 0.353 e. The Morgan fingerprint density at radius 3 is 2.48 bits per heavy atom. The first-order valence-corrected chi connectivity index (χ1v) is 7.14. The highest BCUT2D eigenvalue weighted by molar-refractivity contribution is 5.69. The molecule has 0 aliphatic rings. The van der Waals surface area contributed by atoms with Crippen LogP contribution in [-0.4, -0.2) is 52.5 Å². The predicted molar refractivity (Wildman–Crippen MR) is 83.7 cm³/mol. The molecule has 1 aromatic heterocycles. The first kappa shape index (κ1) is 17.1. The van der Waals surface area contributed by atoms with E-state index in [1.807, 2.05) is 6.92 Å². The fourth-order valence-corrected chi connectivity index (χ4v) is 1.77. The van der Waals surface area contributed by atoms with Crippen molar-refractivity contribution in [3.05, 3.63) is 16.4 Å². The van der Waals surface area contributed by atoms with Crippen LogP contribution in [0, 0.1) is 10.1 Å². The van der Waals surface area contributed by atoms with Crippen molar-refractivity contribution in [3.63, 3.8) is 0 Å². The summed E-state index contributed by atoms with van der Waals surface area (Å²) in [5.74, 6) is 0.512. The van der Waals surface area contributed by atoms with Crippen molar-refractivity contribution < 1.29 is 4.92 Å². The van der Waals surface area contributed by atoms with Gasteiger partial charge in [0, 0.05) is 19.1 Å². The number of nitro groups is 1. The van der Waals surface area contributed by atoms with Crippen molar-refractivity contribution in [1.82, 2.24) is 14.9 Å². The van der Waals surface area contributed by atoms with Gasteiger partial charge in [0.1, 0.15) is 6.33 Å². The summed E-state index contributed by atoms with van der Waals surface area (Å²) in [6.07, 6.45) is 2.21. The highest BCUT2D eigenvalue weighted by Crippen LogP contribution is 2.28. The van der Waals surface area contributed by atoms with Gasteiger partial charge in [-0.15, -0.1) is 0 Å². The van der Waals surface area contributed by atoms with E-state index in [4.69, 9.17) is 0 Å². The average molecular weight is 296 g/mol. The first-order valence-electron chi connectivity index (χ1n) is 7.14. The molecule has 1 rings (SSSR count). The van der Waals surface area contributed by atoms with Crippen LogP contribution in [0.4, 0.5) is 17.3 Å². The summed E-state index contributed by atoms with van der Waals surface area (Å²) in [7, 11) is 2.06. The lowest BCUT2D eigenvalue weighted by Crippen LogP contribution is -2.28. The van der Waals surface area contributed by atoms with Crippen LogP contribution in [0.15, 0.2) is 6.33 Å². The molecule has 2 N–H and O–H groups in total. The Kier molecular flexibility index (Phi) is 6.80. The molecular formula is C13H24N6O2. The van der Waals surface area contributed by atoms with Gasteiger partial charge >= 0.3 is 5.69 Å². The Balaban J connectivity index is 2.66. The molecule has 0 unspecified atom stereocenters. The summed E-state index contributed by atoms with van der Waals surface area (Å²) in [4.78, 5) is 20.8. The van der Waals surface area contributed by atoms with Gasteiger partial charge in [0.05, 0.1) is 4.92 Å². The van der Waals surface area contributed by atoms with Gasteiger partial charge in [0.15, 0.2) is 0 Å². The van der Waals surface area contributed by atoms with E-state index >= 15 is 0 Å². The second-order valence-electron chi connectivity index (χ2n) is 5.06. The highest BCUT2D eigenvalue weighted by atomic mass is 16.6. The monoisotopic (exact) mass is 296 g/mol. The number of nitrogens with one attached hydrogen (secondary N) is 2. The molecule has 8 heteroatoms. The minimum atomic E-state index is -0.458. The fourth-order valence-electron chi connectivity index (χ4n) is 1.77. The fraction of sp³-hybridized carbons (Fsp3) is 0.692. The SMILES string of the molecule is CCNc1ncnc(NCCCN(C)C(C)C)c1[N+](=O)[O-]. The van der Waals surface area contributed by atoms with Crippen molar-refractivity contribution >= 4 is 17.3 Å². The summed E-state index contributed by atoms with van der Waals surface area (Å²) in [5, 5.41) is 17.1. The number of rotatable bonds is 9. The molecule has 0 radical (unpaired) electrons. The standard InChI is InChI=1S/C13H24N6O2/c1-5-14-12-11(19(20)21)13(17-9-16-12)15-7-6-8-18(4)10(2)3/h9-10H,5-8H2,1-4H3,(H2,14,15,16,17). The Morgan fingerprint density at radius 1 is 1.33 bits per heavy atom. The molecular weight excluding hydrogens is 272 g/mol. The van der Waals surface area contributed by atoms with Crippen LogP contribution >= 0.6 is 0 Å². The Hall–Kier alpha value is -1.96. The Bertz CT molecular complexity index is 466. The molecule has 0 amide bonds. The molecule has 0 aromatic carbocycles. The van der Waals surface area contributed by atoms with Gasteiger partial charge in [-0.25, -0.2) is 9.97 Å². The van der Waals surface area contributed by atoms with Crippen LogP contribution in [0.1, 0.15) is 27.2 Å². The van der Waals surface area contributed by atoms with E-state index < -0.39 is 4.92 Å². The molecule has 0 atom stereocenters. The molecule has 0 saturated carbocycles. The molecule has 1 heterocycles. The van der Waals surface area contributed by atoms with Crippen molar-refractivity contribution in [2.75, 3.05) is 37.3 Å². The largest absolute Gasteiger partial charge is 0.364 e. The van der Waals surface area contributed by atoms with Gasteiger partial charge in [-0.2, -0.15) is 0 Å². The van der Waals surface area contributed by atoms with Crippen LogP contribution in [-0.2, 0) is 0 Å². The van der Waals surface area contributed by atoms with E-state index in [-0.39, 0.29) is 17.3 Å². The maximum absolute atomic E-state index is 11.2. The molecule has 0 bridgehead atoms. The summed E-state index contributed by atoms with van der Waals surface area (Å²) >= 11 is 0. The van der Waals surface area contributed by atoms with Crippen molar-refractivity contribution in [2.45, 2.75) is 33.2 Å². The third-order valence-corrected chi connectivity index (χ3v) is 3.21. The minimum absolute atomic E-state index is 0.100.